The monoisotopic (exact) mass is 648 g/mol. The van der Waals surface area contributed by atoms with Gasteiger partial charge in [0.1, 0.15) is 23.9 Å². The van der Waals surface area contributed by atoms with Crippen LogP contribution in [0.15, 0.2) is 109 Å². The van der Waals surface area contributed by atoms with Crippen molar-refractivity contribution >= 4 is 23.7 Å². The van der Waals surface area contributed by atoms with Crippen LogP contribution in [-0.4, -0.2) is 63.0 Å². The van der Waals surface area contributed by atoms with Gasteiger partial charge in [0.2, 0.25) is 17.7 Å². The van der Waals surface area contributed by atoms with Crippen molar-refractivity contribution in [3.8, 4) is 5.75 Å². The number of amides is 3. The third-order valence-corrected chi connectivity index (χ3v) is 8.77. The van der Waals surface area contributed by atoms with E-state index in [4.69, 9.17) is 5.73 Å². The molecular formula is C38H40N4O6. The first kappa shape index (κ1) is 33.9. The number of aliphatic carboxylic acids is 1. The SMILES string of the molecule is C[C@H]1c2ccccc2CN(C(=O)[C@@H](N)Cc2ccc(O)cc2)[C@@H]1C(=O)N[C@@H](Cc1ccccc1)C(=O)N[C@@H](Cc1ccccc1)C(=O)O. The van der Waals surface area contributed by atoms with Gasteiger partial charge in [-0.15, -0.1) is 0 Å². The van der Waals surface area contributed by atoms with E-state index in [0.717, 1.165) is 27.8 Å². The van der Waals surface area contributed by atoms with Crippen LogP contribution in [0.4, 0.5) is 0 Å². The summed E-state index contributed by atoms with van der Waals surface area (Å²) in [6, 6.07) is 27.8. The van der Waals surface area contributed by atoms with Gasteiger partial charge in [-0.05, 0) is 46.4 Å². The lowest BCUT2D eigenvalue weighted by atomic mass is 9.83. The minimum atomic E-state index is -1.23. The van der Waals surface area contributed by atoms with Crippen molar-refractivity contribution in [2.45, 2.75) is 62.8 Å². The van der Waals surface area contributed by atoms with Crippen molar-refractivity contribution in [2.24, 2.45) is 5.73 Å². The molecule has 0 bridgehead atoms. The van der Waals surface area contributed by atoms with Gasteiger partial charge in [-0.2, -0.15) is 0 Å². The number of carboxylic acid groups (broad SMARTS) is 1. The average molecular weight is 649 g/mol. The van der Waals surface area contributed by atoms with Gasteiger partial charge < -0.3 is 31.5 Å². The van der Waals surface area contributed by atoms with E-state index >= 15 is 0 Å². The molecule has 0 aliphatic carbocycles. The number of hydrogen-bond donors (Lipinski definition) is 5. The van der Waals surface area contributed by atoms with Gasteiger partial charge in [-0.3, -0.25) is 14.4 Å². The van der Waals surface area contributed by atoms with E-state index in [-0.39, 0.29) is 31.6 Å². The summed E-state index contributed by atoms with van der Waals surface area (Å²) in [5, 5.41) is 25.1. The molecule has 10 nitrogen and oxygen atoms in total. The van der Waals surface area contributed by atoms with Crippen molar-refractivity contribution in [3.05, 3.63) is 137 Å². The van der Waals surface area contributed by atoms with Gasteiger partial charge in [0, 0.05) is 25.3 Å². The van der Waals surface area contributed by atoms with Gasteiger partial charge in [-0.1, -0.05) is 104 Å². The predicted molar refractivity (Wildman–Crippen MR) is 181 cm³/mol. The highest BCUT2D eigenvalue weighted by atomic mass is 16.4. The van der Waals surface area contributed by atoms with Crippen molar-refractivity contribution in [2.75, 3.05) is 0 Å². The van der Waals surface area contributed by atoms with Crippen molar-refractivity contribution < 1.29 is 29.4 Å². The van der Waals surface area contributed by atoms with E-state index in [9.17, 15) is 29.4 Å². The summed E-state index contributed by atoms with van der Waals surface area (Å²) < 4.78 is 0. The number of aromatic hydroxyl groups is 1. The quantitative estimate of drug-likeness (QED) is 0.157. The Labute approximate surface area is 279 Å². The fourth-order valence-corrected chi connectivity index (χ4v) is 6.25. The molecular weight excluding hydrogens is 608 g/mol. The fraction of sp³-hybridized carbons (Fsp3) is 0.263. The standard InChI is InChI=1S/C38H40N4O6/c1-24-30-15-9-8-14-28(30)23-42(37(46)31(39)20-27-16-18-29(43)19-17-27)34(24)36(45)40-32(21-25-10-4-2-5-11-25)35(44)41-33(38(47)48)22-26-12-6-3-7-13-26/h2-19,24,31-34,43H,20-23,39H2,1H3,(H,40,45)(H,41,44)(H,47,48)/t24-,31-,32-,33-,34-/m0/s1. The molecule has 5 atom stereocenters. The van der Waals surface area contributed by atoms with E-state index in [0.29, 0.717) is 0 Å². The Balaban J connectivity index is 1.41. The molecule has 0 unspecified atom stereocenters. The highest BCUT2D eigenvalue weighted by molar-refractivity contribution is 5.95. The second kappa shape index (κ2) is 15.4. The number of benzene rings is 4. The first-order valence-corrected chi connectivity index (χ1v) is 15.9. The summed E-state index contributed by atoms with van der Waals surface area (Å²) in [7, 11) is 0. The normalized spacial score (nSPS) is 17.3. The van der Waals surface area contributed by atoms with Gasteiger partial charge >= 0.3 is 5.97 Å². The molecule has 0 radical (unpaired) electrons. The summed E-state index contributed by atoms with van der Waals surface area (Å²) in [5.41, 5.74) is 10.5. The second-order valence-corrected chi connectivity index (χ2v) is 12.2. The zero-order chi connectivity index (χ0) is 34.2. The van der Waals surface area contributed by atoms with Crippen LogP contribution in [0.1, 0.15) is 40.7 Å². The van der Waals surface area contributed by atoms with Crippen LogP contribution in [0.2, 0.25) is 0 Å². The van der Waals surface area contributed by atoms with Crippen LogP contribution >= 0.6 is 0 Å². The molecule has 0 fully saturated rings. The summed E-state index contributed by atoms with van der Waals surface area (Å²) in [6.07, 6.45) is 0.352. The molecule has 10 heteroatoms. The molecule has 1 aliphatic heterocycles. The number of fused-ring (bicyclic) bond motifs is 1. The third-order valence-electron chi connectivity index (χ3n) is 8.77. The first-order valence-electron chi connectivity index (χ1n) is 15.9. The van der Waals surface area contributed by atoms with Crippen molar-refractivity contribution in [3.63, 3.8) is 0 Å². The molecule has 0 spiro atoms. The molecule has 1 heterocycles. The van der Waals surface area contributed by atoms with Crippen molar-refractivity contribution in [1.82, 2.24) is 15.5 Å². The van der Waals surface area contributed by atoms with Gasteiger partial charge in [0.25, 0.3) is 0 Å². The zero-order valence-electron chi connectivity index (χ0n) is 26.7. The highest BCUT2D eigenvalue weighted by Crippen LogP contribution is 2.34. The van der Waals surface area contributed by atoms with Gasteiger partial charge in [0.15, 0.2) is 0 Å². The number of hydrogen-bond acceptors (Lipinski definition) is 6. The van der Waals surface area contributed by atoms with Crippen LogP contribution in [0.5, 0.6) is 5.75 Å². The molecule has 5 rings (SSSR count). The molecule has 0 saturated carbocycles. The number of nitrogens with one attached hydrogen (secondary N) is 2. The number of carbonyl (C=O) groups is 4. The Bertz CT molecular complexity index is 1730. The molecule has 6 N–H and O–H groups in total. The molecule has 1 aliphatic rings. The van der Waals surface area contributed by atoms with Gasteiger partial charge in [-0.25, -0.2) is 4.79 Å². The summed E-state index contributed by atoms with van der Waals surface area (Å²) in [6.45, 7) is 2.01. The number of phenols is 1. The minimum absolute atomic E-state index is 0.0611. The number of nitrogens with zero attached hydrogens (tertiary/aromatic N) is 1. The topological polar surface area (TPSA) is 162 Å². The smallest absolute Gasteiger partial charge is 0.326 e. The average Bonchev–Trinajstić information content (AvgIpc) is 3.09. The van der Waals surface area contributed by atoms with E-state index in [2.05, 4.69) is 10.6 Å². The van der Waals surface area contributed by atoms with Crippen LogP contribution in [-0.2, 0) is 45.0 Å². The van der Waals surface area contributed by atoms with Crippen molar-refractivity contribution in [1.29, 1.82) is 0 Å². The molecule has 4 aromatic carbocycles. The predicted octanol–water partition coefficient (Wildman–Crippen LogP) is 3.32. The number of phenolic OH excluding ortho intramolecular Hbond substituents is 1. The Kier molecular flexibility index (Phi) is 10.9. The lowest BCUT2D eigenvalue weighted by Gasteiger charge is -2.41. The summed E-state index contributed by atoms with van der Waals surface area (Å²) in [5.74, 6) is -3.17. The number of rotatable bonds is 12. The summed E-state index contributed by atoms with van der Waals surface area (Å²) >= 11 is 0. The maximum Gasteiger partial charge on any atom is 0.326 e. The number of carbonyl (C=O) groups excluding carboxylic acids is 3. The molecule has 0 aromatic heterocycles. The number of carboxylic acids is 1. The number of nitrogens with two attached hydrogens (primary N) is 1. The van der Waals surface area contributed by atoms with Gasteiger partial charge in [0.05, 0.1) is 6.04 Å². The molecule has 0 saturated heterocycles. The molecule has 3 amide bonds. The zero-order valence-corrected chi connectivity index (χ0v) is 26.7. The maximum atomic E-state index is 14.3. The Morgan fingerprint density at radius 3 is 1.90 bits per heavy atom. The summed E-state index contributed by atoms with van der Waals surface area (Å²) in [4.78, 5) is 55.7. The molecule has 248 valence electrons. The third kappa shape index (κ3) is 8.26. The van der Waals surface area contributed by atoms with Crippen LogP contribution in [0.25, 0.3) is 0 Å². The van der Waals surface area contributed by atoms with E-state index in [1.165, 1.54) is 17.0 Å². The highest BCUT2D eigenvalue weighted by Gasteiger charge is 2.42. The maximum absolute atomic E-state index is 14.3. The first-order chi connectivity index (χ1) is 23.1. The van der Waals surface area contributed by atoms with Crippen LogP contribution < -0.4 is 16.4 Å². The lowest BCUT2D eigenvalue weighted by Crippen LogP contribution is -2.61. The Hall–Kier alpha value is -5.48. The largest absolute Gasteiger partial charge is 0.508 e. The van der Waals surface area contributed by atoms with E-state index < -0.39 is 53.8 Å². The lowest BCUT2D eigenvalue weighted by molar-refractivity contribution is -0.145. The van der Waals surface area contributed by atoms with E-state index in [1.807, 2.05) is 67.6 Å². The molecule has 48 heavy (non-hydrogen) atoms. The molecule has 4 aromatic rings. The minimum Gasteiger partial charge on any atom is -0.508 e. The Morgan fingerprint density at radius 2 is 1.29 bits per heavy atom. The fourth-order valence-electron chi connectivity index (χ4n) is 6.25. The van der Waals surface area contributed by atoms with E-state index in [1.54, 1.807) is 36.4 Å². The second-order valence-electron chi connectivity index (χ2n) is 12.2. The van der Waals surface area contributed by atoms with Crippen LogP contribution in [0, 0.1) is 0 Å². The van der Waals surface area contributed by atoms with Crippen LogP contribution in [0.3, 0.4) is 0 Å². The Morgan fingerprint density at radius 1 is 0.750 bits per heavy atom.